The van der Waals surface area contributed by atoms with Crippen molar-refractivity contribution in [3.63, 3.8) is 0 Å². The molecule has 1 aromatic rings. The van der Waals surface area contributed by atoms with Crippen molar-refractivity contribution in [3.8, 4) is 0 Å². The van der Waals surface area contributed by atoms with Crippen molar-refractivity contribution in [2.24, 2.45) is 0 Å². The van der Waals surface area contributed by atoms with Crippen LogP contribution in [0.1, 0.15) is 24.5 Å². The summed E-state index contributed by atoms with van der Waals surface area (Å²) in [5.74, 6) is 0. The highest BCUT2D eigenvalue weighted by atomic mass is 35.5. The molecule has 0 heterocycles. The van der Waals surface area contributed by atoms with E-state index < -0.39 is 10.0 Å². The van der Waals surface area contributed by atoms with Gasteiger partial charge in [-0.25, -0.2) is 13.1 Å². The molecule has 0 aliphatic carbocycles. The third kappa shape index (κ3) is 4.33. The van der Waals surface area contributed by atoms with Crippen molar-refractivity contribution in [2.45, 2.75) is 32.1 Å². The molecule has 114 valence electrons. The molecule has 0 bridgehead atoms. The first kappa shape index (κ1) is 17.7. The van der Waals surface area contributed by atoms with E-state index in [1.165, 1.54) is 0 Å². The van der Waals surface area contributed by atoms with Gasteiger partial charge in [-0.1, -0.05) is 23.2 Å². The summed E-state index contributed by atoms with van der Waals surface area (Å²) in [7, 11) is -3.68. The number of rotatable bonds is 7. The van der Waals surface area contributed by atoms with Crippen molar-refractivity contribution < 1.29 is 13.2 Å². The van der Waals surface area contributed by atoms with E-state index in [0.717, 1.165) is 0 Å². The van der Waals surface area contributed by atoms with Crippen LogP contribution in [0.5, 0.6) is 0 Å². The molecule has 1 aromatic carbocycles. The van der Waals surface area contributed by atoms with Crippen LogP contribution in [0.25, 0.3) is 0 Å². The molecule has 0 aliphatic rings. The van der Waals surface area contributed by atoms with Crippen molar-refractivity contribution in [3.05, 3.63) is 27.2 Å². The van der Waals surface area contributed by atoms with Crippen LogP contribution in [0, 0.1) is 13.8 Å². The molecule has 4 nitrogen and oxygen atoms in total. The number of nitrogens with one attached hydrogen (secondary N) is 1. The third-order valence-electron chi connectivity index (χ3n) is 2.82. The first-order chi connectivity index (χ1) is 9.31. The average molecular weight is 340 g/mol. The molecule has 0 aliphatic heterocycles. The molecular formula is C13H19Cl2NO3S. The lowest BCUT2D eigenvalue weighted by molar-refractivity contribution is 0.146. The van der Waals surface area contributed by atoms with Crippen LogP contribution in [0.3, 0.4) is 0 Å². The maximum absolute atomic E-state index is 12.3. The second kappa shape index (κ2) is 7.61. The molecule has 0 saturated heterocycles. The number of ether oxygens (including phenoxy) is 1. The molecule has 0 spiro atoms. The van der Waals surface area contributed by atoms with Gasteiger partial charge in [0.05, 0.1) is 5.02 Å². The van der Waals surface area contributed by atoms with E-state index in [1.807, 2.05) is 6.92 Å². The summed E-state index contributed by atoms with van der Waals surface area (Å²) in [5.41, 5.74) is 1.09. The lowest BCUT2D eigenvalue weighted by Gasteiger charge is -2.14. The molecule has 1 rings (SSSR count). The highest BCUT2D eigenvalue weighted by Gasteiger charge is 2.23. The first-order valence-electron chi connectivity index (χ1n) is 6.33. The quantitative estimate of drug-likeness (QED) is 0.775. The van der Waals surface area contributed by atoms with Gasteiger partial charge in [-0.2, -0.15) is 0 Å². The van der Waals surface area contributed by atoms with Gasteiger partial charge in [-0.3, -0.25) is 0 Å². The average Bonchev–Trinajstić information content (AvgIpc) is 2.36. The zero-order valence-corrected chi connectivity index (χ0v) is 14.1. The predicted octanol–water partition coefficient (Wildman–Crippen LogP) is 3.32. The molecule has 20 heavy (non-hydrogen) atoms. The summed E-state index contributed by atoms with van der Waals surface area (Å²) in [4.78, 5) is 0.0561. The van der Waals surface area contributed by atoms with Crippen molar-refractivity contribution in [1.29, 1.82) is 0 Å². The van der Waals surface area contributed by atoms with Gasteiger partial charge < -0.3 is 4.74 Å². The summed E-state index contributed by atoms with van der Waals surface area (Å²) >= 11 is 12.1. The topological polar surface area (TPSA) is 55.4 Å². The maximum atomic E-state index is 12.3. The van der Waals surface area contributed by atoms with Crippen LogP contribution >= 0.6 is 23.2 Å². The standard InChI is InChI=1S/C13H19Cl2NO3S/c1-4-19-7-5-6-16-20(17,18)13-10(3)11(14)8-9(2)12(13)15/h8,16H,4-7H2,1-3H3. The molecule has 0 atom stereocenters. The van der Waals surface area contributed by atoms with E-state index in [9.17, 15) is 8.42 Å². The fourth-order valence-electron chi connectivity index (χ4n) is 1.73. The molecule has 0 aromatic heterocycles. The van der Waals surface area contributed by atoms with Crippen LogP contribution in [-0.4, -0.2) is 28.2 Å². The van der Waals surface area contributed by atoms with E-state index in [2.05, 4.69) is 4.72 Å². The minimum absolute atomic E-state index is 0.0561. The molecular weight excluding hydrogens is 321 g/mol. The normalized spacial score (nSPS) is 11.8. The van der Waals surface area contributed by atoms with Gasteiger partial charge in [-0.15, -0.1) is 0 Å². The number of benzene rings is 1. The zero-order valence-electron chi connectivity index (χ0n) is 11.8. The lowest BCUT2D eigenvalue weighted by atomic mass is 10.2. The molecule has 0 fully saturated rings. The fraction of sp³-hybridized carbons (Fsp3) is 0.538. The summed E-state index contributed by atoms with van der Waals surface area (Å²) < 4.78 is 32.3. The fourth-order valence-corrected chi connectivity index (χ4v) is 4.01. The number of hydrogen-bond donors (Lipinski definition) is 1. The lowest BCUT2D eigenvalue weighted by Crippen LogP contribution is -2.26. The monoisotopic (exact) mass is 339 g/mol. The van der Waals surface area contributed by atoms with E-state index in [-0.39, 0.29) is 9.92 Å². The SMILES string of the molecule is CCOCCCNS(=O)(=O)c1c(C)c(Cl)cc(C)c1Cl. The summed E-state index contributed by atoms with van der Waals surface area (Å²) in [6.07, 6.45) is 0.600. The van der Waals surface area contributed by atoms with E-state index >= 15 is 0 Å². The summed E-state index contributed by atoms with van der Waals surface area (Å²) in [5, 5.41) is 0.603. The van der Waals surface area contributed by atoms with Crippen LogP contribution < -0.4 is 4.72 Å². The summed E-state index contributed by atoms with van der Waals surface area (Å²) in [6, 6.07) is 1.66. The summed E-state index contributed by atoms with van der Waals surface area (Å²) in [6.45, 7) is 6.68. The number of halogens is 2. The van der Waals surface area contributed by atoms with Crippen LogP contribution in [0.15, 0.2) is 11.0 Å². The van der Waals surface area contributed by atoms with Gasteiger partial charge in [0.15, 0.2) is 0 Å². The van der Waals surface area contributed by atoms with Gasteiger partial charge in [0.1, 0.15) is 4.90 Å². The highest BCUT2D eigenvalue weighted by Crippen LogP contribution is 2.33. The van der Waals surface area contributed by atoms with Crippen molar-refractivity contribution in [1.82, 2.24) is 4.72 Å². The van der Waals surface area contributed by atoms with Gasteiger partial charge in [0.25, 0.3) is 0 Å². The Morgan fingerprint density at radius 2 is 1.95 bits per heavy atom. The zero-order chi connectivity index (χ0) is 15.3. The van der Waals surface area contributed by atoms with Gasteiger partial charge in [-0.05, 0) is 44.4 Å². The largest absolute Gasteiger partial charge is 0.382 e. The van der Waals surface area contributed by atoms with Crippen LogP contribution in [-0.2, 0) is 14.8 Å². The van der Waals surface area contributed by atoms with Crippen molar-refractivity contribution in [2.75, 3.05) is 19.8 Å². The number of aryl methyl sites for hydroxylation is 1. The maximum Gasteiger partial charge on any atom is 0.242 e. The second-order valence-electron chi connectivity index (χ2n) is 4.39. The molecule has 0 amide bonds. The van der Waals surface area contributed by atoms with E-state index in [0.29, 0.717) is 42.3 Å². The Bertz CT molecular complexity index is 547. The number of hydrogen-bond acceptors (Lipinski definition) is 3. The Hall–Kier alpha value is -0.330. The van der Waals surface area contributed by atoms with E-state index in [1.54, 1.807) is 19.9 Å². The highest BCUT2D eigenvalue weighted by molar-refractivity contribution is 7.89. The minimum atomic E-state index is -3.68. The van der Waals surface area contributed by atoms with Crippen molar-refractivity contribution >= 4 is 33.2 Å². The van der Waals surface area contributed by atoms with Gasteiger partial charge >= 0.3 is 0 Å². The number of sulfonamides is 1. The Labute approximate surface area is 130 Å². The molecule has 7 heteroatoms. The van der Waals surface area contributed by atoms with Gasteiger partial charge in [0, 0.05) is 24.8 Å². The van der Waals surface area contributed by atoms with Crippen LogP contribution in [0.4, 0.5) is 0 Å². The Morgan fingerprint density at radius 3 is 2.55 bits per heavy atom. The molecule has 0 unspecified atom stereocenters. The minimum Gasteiger partial charge on any atom is -0.382 e. The molecule has 1 N–H and O–H groups in total. The second-order valence-corrected chi connectivity index (χ2v) is 6.88. The van der Waals surface area contributed by atoms with Gasteiger partial charge in [0.2, 0.25) is 10.0 Å². The first-order valence-corrected chi connectivity index (χ1v) is 8.57. The Balaban J connectivity index is 2.93. The third-order valence-corrected chi connectivity index (χ3v) is 5.44. The molecule has 0 radical (unpaired) electrons. The Kier molecular flexibility index (Phi) is 6.75. The smallest absolute Gasteiger partial charge is 0.242 e. The Morgan fingerprint density at radius 1 is 1.30 bits per heavy atom. The molecule has 0 saturated carbocycles. The van der Waals surface area contributed by atoms with Crippen LogP contribution in [0.2, 0.25) is 10.0 Å². The predicted molar refractivity (Wildman–Crippen MR) is 82.2 cm³/mol. The van der Waals surface area contributed by atoms with E-state index in [4.69, 9.17) is 27.9 Å².